The van der Waals surface area contributed by atoms with Crippen LogP contribution in [0.25, 0.3) is 10.2 Å². The Morgan fingerprint density at radius 1 is 1.24 bits per heavy atom. The Morgan fingerprint density at radius 3 is 2.62 bits per heavy atom. The van der Waals surface area contributed by atoms with Crippen molar-refractivity contribution in [2.24, 2.45) is 0 Å². The Morgan fingerprint density at radius 2 is 1.95 bits per heavy atom. The number of hydrogen-bond donors (Lipinski definition) is 3. The maximum absolute atomic E-state index is 12.8. The molecule has 0 aliphatic rings. The van der Waals surface area contributed by atoms with Crippen LogP contribution in [-0.2, 0) is 0 Å². The van der Waals surface area contributed by atoms with Gasteiger partial charge in [0.1, 0.15) is 17.1 Å². The Kier molecular flexibility index (Phi) is 3.19. The smallest absolute Gasteiger partial charge is 0.339 e. The van der Waals surface area contributed by atoms with Crippen molar-refractivity contribution in [1.29, 1.82) is 0 Å². The van der Waals surface area contributed by atoms with Gasteiger partial charge >= 0.3 is 5.97 Å². The first-order valence-electron chi connectivity index (χ1n) is 5.92. The minimum atomic E-state index is -1.20. The normalized spacial score (nSPS) is 10.7. The van der Waals surface area contributed by atoms with Gasteiger partial charge < -0.3 is 15.5 Å². The van der Waals surface area contributed by atoms with E-state index in [4.69, 9.17) is 5.11 Å². The van der Waals surface area contributed by atoms with Crippen LogP contribution in [0.1, 0.15) is 10.4 Å². The van der Waals surface area contributed by atoms with Crippen LogP contribution < -0.4 is 5.32 Å². The Labute approximate surface area is 122 Å². The minimum absolute atomic E-state index is 0.167. The lowest BCUT2D eigenvalue weighted by molar-refractivity contribution is 0.0694. The highest BCUT2D eigenvalue weighted by Gasteiger charge is 2.14. The summed E-state index contributed by atoms with van der Waals surface area (Å²) in [6.07, 6.45) is 0. The molecule has 0 unspecified atom stereocenters. The molecule has 3 N–H and O–H groups in total. The van der Waals surface area contributed by atoms with Gasteiger partial charge in [-0.3, -0.25) is 0 Å². The molecule has 3 aromatic rings. The predicted octanol–water partition coefficient (Wildman–Crippen LogP) is 3.58. The molecule has 1 aromatic heterocycles. The maximum Gasteiger partial charge on any atom is 0.339 e. The number of hydrogen-bond acceptors (Lipinski definition) is 5. The van der Waals surface area contributed by atoms with Crippen LogP contribution in [0.4, 0.5) is 15.2 Å². The molecule has 3 rings (SSSR count). The van der Waals surface area contributed by atoms with Crippen LogP contribution >= 0.6 is 11.3 Å². The number of halogens is 1. The van der Waals surface area contributed by atoms with Crippen molar-refractivity contribution in [2.45, 2.75) is 0 Å². The number of anilines is 2. The summed E-state index contributed by atoms with van der Waals surface area (Å²) in [5.41, 5.74) is 0.990. The third kappa shape index (κ3) is 2.63. The van der Waals surface area contributed by atoms with Gasteiger partial charge in [0.25, 0.3) is 0 Å². The fourth-order valence-electron chi connectivity index (χ4n) is 1.84. The van der Waals surface area contributed by atoms with Crippen LogP contribution in [-0.4, -0.2) is 21.2 Å². The fourth-order valence-corrected chi connectivity index (χ4v) is 2.75. The van der Waals surface area contributed by atoms with E-state index in [2.05, 4.69) is 10.3 Å². The molecule has 0 fully saturated rings. The van der Waals surface area contributed by atoms with E-state index >= 15 is 0 Å². The van der Waals surface area contributed by atoms with E-state index in [1.54, 1.807) is 12.1 Å². The number of carboxylic acid groups (broad SMARTS) is 1. The van der Waals surface area contributed by atoms with Crippen molar-refractivity contribution in [3.63, 3.8) is 0 Å². The number of rotatable bonds is 3. The van der Waals surface area contributed by atoms with Crippen LogP contribution in [0, 0.1) is 5.82 Å². The number of carbonyl (C=O) groups is 1. The summed E-state index contributed by atoms with van der Waals surface area (Å²) in [4.78, 5) is 15.2. The minimum Gasteiger partial charge on any atom is -0.507 e. The number of thiazole rings is 1. The summed E-state index contributed by atoms with van der Waals surface area (Å²) in [7, 11) is 0. The molecule has 7 heteroatoms. The highest BCUT2D eigenvalue weighted by molar-refractivity contribution is 7.22. The van der Waals surface area contributed by atoms with Crippen molar-refractivity contribution < 1.29 is 19.4 Å². The number of aromatic carboxylic acids is 1. The number of benzene rings is 2. The van der Waals surface area contributed by atoms with E-state index in [1.165, 1.54) is 35.6 Å². The Balaban J connectivity index is 1.97. The van der Waals surface area contributed by atoms with Crippen molar-refractivity contribution in [2.75, 3.05) is 5.32 Å². The summed E-state index contributed by atoms with van der Waals surface area (Å²) >= 11 is 1.25. The average Bonchev–Trinajstić information content (AvgIpc) is 2.81. The van der Waals surface area contributed by atoms with Crippen LogP contribution in [0.2, 0.25) is 0 Å². The monoisotopic (exact) mass is 304 g/mol. The topological polar surface area (TPSA) is 82.5 Å². The lowest BCUT2D eigenvalue weighted by atomic mass is 10.2. The van der Waals surface area contributed by atoms with Gasteiger partial charge in [-0.15, -0.1) is 0 Å². The van der Waals surface area contributed by atoms with Crippen molar-refractivity contribution >= 4 is 38.3 Å². The predicted molar refractivity (Wildman–Crippen MR) is 77.9 cm³/mol. The van der Waals surface area contributed by atoms with Gasteiger partial charge in [0.2, 0.25) is 0 Å². The molecule has 0 saturated carbocycles. The SMILES string of the molecule is O=C(O)c1cc2sc(Nc3ccc(F)cc3)nc2cc1O. The quantitative estimate of drug-likeness (QED) is 0.689. The fraction of sp³-hybridized carbons (Fsp3) is 0. The van der Waals surface area contributed by atoms with Crippen molar-refractivity contribution in [1.82, 2.24) is 4.98 Å². The second-order valence-corrected chi connectivity index (χ2v) is 5.32. The molecule has 0 saturated heterocycles. The van der Waals surface area contributed by atoms with E-state index in [1.807, 2.05) is 0 Å². The highest BCUT2D eigenvalue weighted by Crippen LogP contribution is 2.32. The first-order chi connectivity index (χ1) is 10.0. The third-order valence-electron chi connectivity index (χ3n) is 2.83. The molecule has 0 atom stereocenters. The van der Waals surface area contributed by atoms with Gasteiger partial charge in [0.05, 0.1) is 10.2 Å². The highest BCUT2D eigenvalue weighted by atomic mass is 32.1. The van der Waals surface area contributed by atoms with E-state index in [9.17, 15) is 14.3 Å². The van der Waals surface area contributed by atoms with Gasteiger partial charge in [-0.2, -0.15) is 0 Å². The number of carboxylic acids is 1. The molecular weight excluding hydrogens is 295 g/mol. The second kappa shape index (κ2) is 5.02. The molecule has 0 aliphatic carbocycles. The Hall–Kier alpha value is -2.67. The Bertz CT molecular complexity index is 830. The zero-order valence-corrected chi connectivity index (χ0v) is 11.3. The molecule has 0 bridgehead atoms. The van der Waals surface area contributed by atoms with Crippen molar-refractivity contribution in [3.8, 4) is 5.75 Å². The lowest BCUT2D eigenvalue weighted by Gasteiger charge is -2.00. The number of nitrogens with one attached hydrogen (secondary N) is 1. The molecule has 1 heterocycles. The first-order valence-corrected chi connectivity index (χ1v) is 6.74. The van der Waals surface area contributed by atoms with Gasteiger partial charge in [0.15, 0.2) is 5.13 Å². The van der Waals surface area contributed by atoms with E-state index in [0.29, 0.717) is 21.0 Å². The first kappa shape index (κ1) is 13.3. The molecule has 0 radical (unpaired) electrons. The summed E-state index contributed by atoms with van der Waals surface area (Å²) in [5.74, 6) is -1.86. The number of aromatic nitrogens is 1. The van der Waals surface area contributed by atoms with E-state index in [-0.39, 0.29) is 17.1 Å². The second-order valence-electron chi connectivity index (χ2n) is 4.29. The molecular formula is C14H9FN2O3S. The zero-order chi connectivity index (χ0) is 15.0. The van der Waals surface area contributed by atoms with Gasteiger partial charge in [0, 0.05) is 11.8 Å². The number of phenols is 1. The van der Waals surface area contributed by atoms with Gasteiger partial charge in [-0.25, -0.2) is 14.2 Å². The van der Waals surface area contributed by atoms with E-state index in [0.717, 1.165) is 0 Å². The molecule has 2 aromatic carbocycles. The third-order valence-corrected chi connectivity index (χ3v) is 3.77. The molecule has 21 heavy (non-hydrogen) atoms. The maximum atomic E-state index is 12.8. The summed E-state index contributed by atoms with van der Waals surface area (Å²) in [6, 6.07) is 8.47. The summed E-state index contributed by atoms with van der Waals surface area (Å²) in [5, 5.41) is 22.1. The molecule has 0 amide bonds. The number of aromatic hydroxyl groups is 1. The summed E-state index contributed by atoms with van der Waals surface area (Å²) in [6.45, 7) is 0. The zero-order valence-electron chi connectivity index (χ0n) is 10.5. The number of fused-ring (bicyclic) bond motifs is 1. The largest absolute Gasteiger partial charge is 0.507 e. The number of nitrogens with zero attached hydrogens (tertiary/aromatic N) is 1. The van der Waals surface area contributed by atoms with Crippen LogP contribution in [0.5, 0.6) is 5.75 Å². The van der Waals surface area contributed by atoms with Crippen LogP contribution in [0.15, 0.2) is 36.4 Å². The summed E-state index contributed by atoms with van der Waals surface area (Å²) < 4.78 is 13.5. The van der Waals surface area contributed by atoms with Gasteiger partial charge in [-0.1, -0.05) is 11.3 Å². The van der Waals surface area contributed by atoms with Crippen molar-refractivity contribution in [3.05, 3.63) is 47.8 Å². The van der Waals surface area contributed by atoms with Crippen LogP contribution in [0.3, 0.4) is 0 Å². The lowest BCUT2D eigenvalue weighted by Crippen LogP contribution is -1.95. The average molecular weight is 304 g/mol. The molecule has 106 valence electrons. The van der Waals surface area contributed by atoms with Gasteiger partial charge in [-0.05, 0) is 30.3 Å². The molecule has 5 nitrogen and oxygen atoms in total. The molecule has 0 spiro atoms. The van der Waals surface area contributed by atoms with E-state index < -0.39 is 5.97 Å². The molecule has 0 aliphatic heterocycles. The standard InChI is InChI=1S/C14H9FN2O3S/c15-7-1-3-8(4-2-7)16-14-17-10-6-11(18)9(13(19)20)5-12(10)21-14/h1-6,18H,(H,16,17)(H,19,20).